The van der Waals surface area contributed by atoms with E-state index < -0.39 is 0 Å². The number of amides is 1. The SMILES string of the molecule is Cl.O=C(Oc1ccc2ccc3ccccc3c2c1)N1CCC(N2CCCCC2)CC1. The number of halogens is 1. The molecule has 0 aromatic heterocycles. The van der Waals surface area contributed by atoms with Crippen molar-refractivity contribution < 1.29 is 9.53 Å². The first-order valence-corrected chi connectivity index (χ1v) is 10.9. The van der Waals surface area contributed by atoms with E-state index >= 15 is 0 Å². The van der Waals surface area contributed by atoms with Crippen LogP contribution in [0.4, 0.5) is 4.79 Å². The second-order valence-electron chi connectivity index (χ2n) is 8.35. The molecule has 158 valence electrons. The average molecular weight is 425 g/mol. The summed E-state index contributed by atoms with van der Waals surface area (Å²) < 4.78 is 5.76. The van der Waals surface area contributed by atoms with Gasteiger partial charge in [-0.3, -0.25) is 0 Å². The Morgan fingerprint density at radius 2 is 1.47 bits per heavy atom. The van der Waals surface area contributed by atoms with Gasteiger partial charge in [0.2, 0.25) is 0 Å². The van der Waals surface area contributed by atoms with Crippen LogP contribution in [0.5, 0.6) is 5.75 Å². The van der Waals surface area contributed by atoms with Gasteiger partial charge in [-0.2, -0.15) is 0 Å². The Morgan fingerprint density at radius 3 is 2.23 bits per heavy atom. The number of carbonyl (C=O) groups is 1. The van der Waals surface area contributed by atoms with Gasteiger partial charge >= 0.3 is 6.09 Å². The van der Waals surface area contributed by atoms with E-state index in [0.29, 0.717) is 11.8 Å². The predicted molar refractivity (Wildman–Crippen MR) is 125 cm³/mol. The topological polar surface area (TPSA) is 32.8 Å². The monoisotopic (exact) mass is 424 g/mol. The molecule has 0 radical (unpaired) electrons. The fourth-order valence-electron chi connectivity index (χ4n) is 4.91. The maximum atomic E-state index is 12.7. The van der Waals surface area contributed by atoms with E-state index in [2.05, 4.69) is 29.2 Å². The standard InChI is InChI=1S/C25H28N2O2.ClH/c28-25(27-16-12-21(13-17-27)26-14-4-1-5-15-26)29-22-11-10-20-9-8-19-6-2-3-7-23(19)24(20)18-22;/h2-3,6-11,18,21H,1,4-5,12-17H2;1H. The van der Waals surface area contributed by atoms with Crippen molar-refractivity contribution in [2.45, 2.75) is 38.1 Å². The van der Waals surface area contributed by atoms with Crippen molar-refractivity contribution in [3.63, 3.8) is 0 Å². The van der Waals surface area contributed by atoms with E-state index in [9.17, 15) is 4.79 Å². The summed E-state index contributed by atoms with van der Waals surface area (Å²) in [5, 5.41) is 4.66. The van der Waals surface area contributed by atoms with Gasteiger partial charge in [0.25, 0.3) is 0 Å². The Morgan fingerprint density at radius 1 is 0.800 bits per heavy atom. The average Bonchev–Trinajstić information content (AvgIpc) is 2.79. The highest BCUT2D eigenvalue weighted by atomic mass is 35.5. The van der Waals surface area contributed by atoms with Gasteiger partial charge in [-0.1, -0.05) is 48.9 Å². The van der Waals surface area contributed by atoms with Crippen molar-refractivity contribution in [3.8, 4) is 5.75 Å². The molecular formula is C25H29ClN2O2. The minimum Gasteiger partial charge on any atom is -0.410 e. The number of nitrogens with zero attached hydrogens (tertiary/aromatic N) is 2. The van der Waals surface area contributed by atoms with Crippen molar-refractivity contribution >= 4 is 40.0 Å². The van der Waals surface area contributed by atoms with Gasteiger partial charge in [-0.15, -0.1) is 12.4 Å². The number of rotatable bonds is 2. The molecule has 3 aromatic rings. The van der Waals surface area contributed by atoms with Gasteiger partial charge < -0.3 is 14.5 Å². The van der Waals surface area contributed by atoms with Crippen LogP contribution >= 0.6 is 12.4 Å². The number of fused-ring (bicyclic) bond motifs is 3. The fraction of sp³-hybridized carbons (Fsp3) is 0.400. The molecule has 2 heterocycles. The Labute approximate surface area is 184 Å². The smallest absolute Gasteiger partial charge is 0.410 e. The number of ether oxygens (including phenoxy) is 1. The lowest BCUT2D eigenvalue weighted by Gasteiger charge is -2.39. The highest BCUT2D eigenvalue weighted by Gasteiger charge is 2.28. The molecule has 0 saturated carbocycles. The zero-order valence-corrected chi connectivity index (χ0v) is 18.1. The molecule has 5 rings (SSSR count). The Bertz CT molecular complexity index is 1020. The number of benzene rings is 3. The summed E-state index contributed by atoms with van der Waals surface area (Å²) in [7, 11) is 0. The summed E-state index contributed by atoms with van der Waals surface area (Å²) in [6.07, 6.45) is 5.89. The second-order valence-corrected chi connectivity index (χ2v) is 8.35. The molecule has 2 aliphatic heterocycles. The minimum absolute atomic E-state index is 0. The number of hydrogen-bond acceptors (Lipinski definition) is 3. The largest absolute Gasteiger partial charge is 0.415 e. The lowest BCUT2D eigenvalue weighted by Crippen LogP contribution is -2.48. The van der Waals surface area contributed by atoms with Crippen LogP contribution in [-0.2, 0) is 0 Å². The second kappa shape index (κ2) is 9.23. The maximum absolute atomic E-state index is 12.7. The fourth-order valence-corrected chi connectivity index (χ4v) is 4.91. The quantitative estimate of drug-likeness (QED) is 0.483. The third-order valence-corrected chi connectivity index (χ3v) is 6.55. The number of piperidine rings is 2. The molecule has 2 fully saturated rings. The molecule has 0 spiro atoms. The highest BCUT2D eigenvalue weighted by molar-refractivity contribution is 6.07. The number of hydrogen-bond donors (Lipinski definition) is 0. The minimum atomic E-state index is -0.221. The third kappa shape index (κ3) is 4.26. The zero-order chi connectivity index (χ0) is 19.6. The van der Waals surface area contributed by atoms with Crippen LogP contribution in [0.15, 0.2) is 54.6 Å². The van der Waals surface area contributed by atoms with Gasteiger partial charge in [0.05, 0.1) is 0 Å². The first-order chi connectivity index (χ1) is 14.3. The van der Waals surface area contributed by atoms with Crippen LogP contribution in [0.2, 0.25) is 0 Å². The molecule has 3 aromatic carbocycles. The molecular weight excluding hydrogens is 396 g/mol. The van der Waals surface area contributed by atoms with E-state index in [-0.39, 0.29) is 18.5 Å². The molecule has 2 saturated heterocycles. The van der Waals surface area contributed by atoms with Crippen molar-refractivity contribution in [1.29, 1.82) is 0 Å². The summed E-state index contributed by atoms with van der Waals surface area (Å²) in [4.78, 5) is 17.2. The molecule has 5 heteroatoms. The van der Waals surface area contributed by atoms with Crippen LogP contribution in [-0.4, -0.2) is 48.1 Å². The van der Waals surface area contributed by atoms with E-state index in [4.69, 9.17) is 4.74 Å². The molecule has 0 bridgehead atoms. The summed E-state index contributed by atoms with van der Waals surface area (Å²) in [6, 6.07) is 19.1. The number of likely N-dealkylation sites (tertiary alicyclic amines) is 2. The van der Waals surface area contributed by atoms with Gasteiger partial charge in [0.1, 0.15) is 5.75 Å². The lowest BCUT2D eigenvalue weighted by atomic mass is 10.0. The van der Waals surface area contributed by atoms with E-state index in [1.54, 1.807) is 0 Å². The summed E-state index contributed by atoms with van der Waals surface area (Å²) >= 11 is 0. The summed E-state index contributed by atoms with van der Waals surface area (Å²) in [5.74, 6) is 0.622. The highest BCUT2D eigenvalue weighted by Crippen LogP contribution is 2.29. The third-order valence-electron chi connectivity index (χ3n) is 6.55. The van der Waals surface area contributed by atoms with Crippen LogP contribution in [0.1, 0.15) is 32.1 Å². The Balaban J connectivity index is 0.00000218. The van der Waals surface area contributed by atoms with Crippen LogP contribution in [0.25, 0.3) is 21.5 Å². The van der Waals surface area contributed by atoms with E-state index in [0.717, 1.165) is 36.7 Å². The molecule has 0 N–H and O–H groups in total. The maximum Gasteiger partial charge on any atom is 0.415 e. The molecule has 0 atom stereocenters. The van der Waals surface area contributed by atoms with E-state index in [1.807, 2.05) is 35.2 Å². The Hall–Kier alpha value is -2.30. The molecule has 0 unspecified atom stereocenters. The normalized spacial score (nSPS) is 18.3. The first-order valence-electron chi connectivity index (χ1n) is 10.9. The van der Waals surface area contributed by atoms with Gasteiger partial charge in [0.15, 0.2) is 0 Å². The van der Waals surface area contributed by atoms with Gasteiger partial charge in [0, 0.05) is 19.1 Å². The van der Waals surface area contributed by atoms with Crippen molar-refractivity contribution in [2.24, 2.45) is 0 Å². The predicted octanol–water partition coefficient (Wildman–Crippen LogP) is 5.86. The summed E-state index contributed by atoms with van der Waals surface area (Å²) in [6.45, 7) is 4.02. The molecule has 1 amide bonds. The molecule has 0 aliphatic carbocycles. The first kappa shape index (κ1) is 21.0. The Kier molecular flexibility index (Phi) is 6.45. The number of carbonyl (C=O) groups excluding carboxylic acids is 1. The van der Waals surface area contributed by atoms with Gasteiger partial charge in [-0.25, -0.2) is 4.79 Å². The van der Waals surface area contributed by atoms with Gasteiger partial charge in [-0.05, 0) is 72.5 Å². The zero-order valence-electron chi connectivity index (χ0n) is 17.3. The molecule has 4 nitrogen and oxygen atoms in total. The van der Waals surface area contributed by atoms with Crippen LogP contribution in [0, 0.1) is 0 Å². The van der Waals surface area contributed by atoms with Crippen molar-refractivity contribution in [2.75, 3.05) is 26.2 Å². The van der Waals surface area contributed by atoms with Crippen LogP contribution < -0.4 is 4.74 Å². The van der Waals surface area contributed by atoms with Crippen molar-refractivity contribution in [3.05, 3.63) is 54.6 Å². The molecule has 30 heavy (non-hydrogen) atoms. The van der Waals surface area contributed by atoms with Crippen LogP contribution in [0.3, 0.4) is 0 Å². The van der Waals surface area contributed by atoms with E-state index in [1.165, 1.54) is 43.1 Å². The van der Waals surface area contributed by atoms with Crippen molar-refractivity contribution in [1.82, 2.24) is 9.80 Å². The lowest BCUT2D eigenvalue weighted by molar-refractivity contribution is 0.0878. The summed E-state index contributed by atoms with van der Waals surface area (Å²) in [5.41, 5.74) is 0. The molecule has 2 aliphatic rings.